The summed E-state index contributed by atoms with van der Waals surface area (Å²) >= 11 is 0. The molecule has 0 nitrogen and oxygen atoms in total. The summed E-state index contributed by atoms with van der Waals surface area (Å²) in [5.41, 5.74) is 5.11. The monoisotopic (exact) mass is 645 g/mol. The van der Waals surface area contributed by atoms with E-state index >= 15 is 0 Å². The van der Waals surface area contributed by atoms with Gasteiger partial charge >= 0.3 is 0 Å². The molecule has 0 aromatic carbocycles. The van der Waals surface area contributed by atoms with Gasteiger partial charge < -0.3 is 0 Å². The lowest BCUT2D eigenvalue weighted by molar-refractivity contribution is 0.104. The molecule has 0 aromatic heterocycles. The second-order valence-corrected chi connectivity index (χ2v) is 23.4. The van der Waals surface area contributed by atoms with Crippen LogP contribution in [0.5, 0.6) is 0 Å². The molecule has 0 aromatic rings. The maximum atomic E-state index is 2.45. The molecule has 0 aliphatic heterocycles. The lowest BCUT2D eigenvalue weighted by Gasteiger charge is -2.38. The Labute approximate surface area is 294 Å². The minimum atomic E-state index is 0.526. The Morgan fingerprint density at radius 1 is 0.457 bits per heavy atom. The van der Waals surface area contributed by atoms with Crippen LogP contribution in [-0.2, 0) is 0 Å². The summed E-state index contributed by atoms with van der Waals surface area (Å²) < 4.78 is 0. The molecule has 0 bridgehead atoms. The molecule has 46 heavy (non-hydrogen) atoms. The van der Waals surface area contributed by atoms with Gasteiger partial charge in [0.15, 0.2) is 0 Å². The van der Waals surface area contributed by atoms with Gasteiger partial charge in [-0.05, 0) is 124 Å². The van der Waals surface area contributed by atoms with Crippen LogP contribution < -0.4 is 0 Å². The van der Waals surface area contributed by atoms with E-state index in [2.05, 4.69) is 152 Å². The van der Waals surface area contributed by atoms with Gasteiger partial charge in [0.05, 0.1) is 0 Å². The van der Waals surface area contributed by atoms with Gasteiger partial charge in [0.1, 0.15) is 0 Å². The number of hydrogen-bond donors (Lipinski definition) is 0. The first kappa shape index (κ1) is 44.0. The molecule has 0 spiro atoms. The minimum absolute atomic E-state index is 0.526. The van der Waals surface area contributed by atoms with Crippen molar-refractivity contribution in [3.8, 4) is 0 Å². The van der Waals surface area contributed by atoms with Crippen LogP contribution in [0.3, 0.4) is 0 Å². The summed E-state index contributed by atoms with van der Waals surface area (Å²) in [6.45, 7) is 53.0. The van der Waals surface area contributed by atoms with Gasteiger partial charge in [-0.15, -0.1) is 0 Å². The van der Waals surface area contributed by atoms with Gasteiger partial charge in [0.2, 0.25) is 0 Å². The Kier molecular flexibility index (Phi) is 14.1. The van der Waals surface area contributed by atoms with Crippen LogP contribution in [0.4, 0.5) is 0 Å². The fraction of sp³-hybridized carbons (Fsp3) is 1.00. The van der Waals surface area contributed by atoms with Gasteiger partial charge in [-0.3, -0.25) is 0 Å². The van der Waals surface area contributed by atoms with Crippen LogP contribution in [0.25, 0.3) is 0 Å². The molecular formula is C46H92. The lowest BCUT2D eigenvalue weighted by atomic mass is 9.67. The molecule has 0 N–H and O–H groups in total. The summed E-state index contributed by atoms with van der Waals surface area (Å²) in [5, 5.41) is 0. The SMILES string of the molecule is CC(C)C1C(C)(C)CCC1(C)C.CCC1(C)CC(C)(C)C(C)(C)C1.CCC1C(C)(C)CCC1(C)C.CCC1CC(C)(C)C(C)(C)C1. The Balaban J connectivity index is 0.000000307. The summed E-state index contributed by atoms with van der Waals surface area (Å²) in [5.74, 6) is 3.64. The van der Waals surface area contributed by atoms with Crippen LogP contribution in [0.1, 0.15) is 223 Å². The molecule has 4 aliphatic rings. The van der Waals surface area contributed by atoms with Crippen molar-refractivity contribution >= 4 is 0 Å². The Bertz CT molecular complexity index is 865. The maximum absolute atomic E-state index is 2.45. The smallest absolute Gasteiger partial charge is 0.0288 e. The zero-order chi connectivity index (χ0) is 36.6. The van der Waals surface area contributed by atoms with Crippen LogP contribution >= 0.6 is 0 Å². The largest absolute Gasteiger partial charge is 0.0651 e. The zero-order valence-corrected chi connectivity index (χ0v) is 36.6. The van der Waals surface area contributed by atoms with Crippen molar-refractivity contribution in [3.63, 3.8) is 0 Å². The molecule has 0 saturated heterocycles. The van der Waals surface area contributed by atoms with Crippen molar-refractivity contribution in [1.82, 2.24) is 0 Å². The standard InChI is InChI=1S/2C12H24.2C11H22/c1-9(2)10-11(3,4)7-8-12(10,5)6;1-7-12(6)8-10(2,3)11(4,5)9-12;1-6-9-7-10(2,3)11(4,5)8-9;1-6-9-10(2,3)7-8-11(9,4)5/h9-10H,7-8H2,1-6H3;7-9H2,1-6H3;2*9H,6-8H2,1-5H3. The van der Waals surface area contributed by atoms with E-state index in [-0.39, 0.29) is 0 Å². The molecule has 4 aliphatic carbocycles. The fourth-order valence-corrected chi connectivity index (χ4v) is 12.3. The second kappa shape index (κ2) is 14.7. The molecule has 4 fully saturated rings. The van der Waals surface area contributed by atoms with Crippen LogP contribution in [0.15, 0.2) is 0 Å². The third kappa shape index (κ3) is 10.3. The molecule has 0 atom stereocenters. The molecule has 0 unspecified atom stereocenters. The quantitative estimate of drug-likeness (QED) is 0.286. The van der Waals surface area contributed by atoms with Crippen molar-refractivity contribution in [2.24, 2.45) is 72.4 Å². The summed E-state index contributed by atoms with van der Waals surface area (Å²) in [4.78, 5) is 0. The lowest BCUT2D eigenvalue weighted by Crippen LogP contribution is -2.31. The highest BCUT2D eigenvalue weighted by molar-refractivity contribution is 5.01. The van der Waals surface area contributed by atoms with Crippen LogP contribution in [0.2, 0.25) is 0 Å². The van der Waals surface area contributed by atoms with E-state index in [1.807, 2.05) is 0 Å². The van der Waals surface area contributed by atoms with Gasteiger partial charge in [0.25, 0.3) is 0 Å². The van der Waals surface area contributed by atoms with E-state index in [9.17, 15) is 0 Å². The Morgan fingerprint density at radius 3 is 0.957 bits per heavy atom. The van der Waals surface area contributed by atoms with Crippen molar-refractivity contribution in [1.29, 1.82) is 0 Å². The molecule has 0 heterocycles. The van der Waals surface area contributed by atoms with Crippen LogP contribution in [-0.4, -0.2) is 0 Å². The topological polar surface area (TPSA) is 0 Å². The maximum Gasteiger partial charge on any atom is -0.0288 e. The third-order valence-corrected chi connectivity index (χ3v) is 15.9. The summed E-state index contributed by atoms with van der Waals surface area (Å²) in [6, 6.07) is 0. The highest BCUT2D eigenvalue weighted by Gasteiger charge is 2.51. The van der Waals surface area contributed by atoms with E-state index in [4.69, 9.17) is 0 Å². The predicted octanol–water partition coefficient (Wildman–Crippen LogP) is 16.1. The highest BCUT2D eigenvalue weighted by Crippen LogP contribution is 2.61. The molecule has 0 heteroatoms. The Hall–Kier alpha value is 0. The van der Waals surface area contributed by atoms with E-state index in [1.165, 1.54) is 70.6 Å². The van der Waals surface area contributed by atoms with Crippen molar-refractivity contribution in [3.05, 3.63) is 0 Å². The molecule has 276 valence electrons. The van der Waals surface area contributed by atoms with Crippen molar-refractivity contribution in [2.45, 2.75) is 223 Å². The van der Waals surface area contributed by atoms with Crippen molar-refractivity contribution in [2.75, 3.05) is 0 Å². The minimum Gasteiger partial charge on any atom is -0.0651 e. The normalized spacial score (nSPS) is 29.3. The second-order valence-electron chi connectivity index (χ2n) is 23.4. The summed E-state index contributed by atoms with van der Waals surface area (Å²) in [7, 11) is 0. The first-order valence-corrected chi connectivity index (χ1v) is 20.3. The fourth-order valence-electron chi connectivity index (χ4n) is 12.3. The summed E-state index contributed by atoms with van der Waals surface area (Å²) in [6.07, 6.45) is 15.3. The average Bonchev–Trinajstić information content (AvgIpc) is 3.38. The van der Waals surface area contributed by atoms with E-state index < -0.39 is 0 Å². The van der Waals surface area contributed by atoms with E-state index in [0.29, 0.717) is 48.7 Å². The molecule has 4 rings (SSSR count). The van der Waals surface area contributed by atoms with E-state index in [1.54, 1.807) is 0 Å². The van der Waals surface area contributed by atoms with Crippen LogP contribution in [0, 0.1) is 72.4 Å². The Morgan fingerprint density at radius 2 is 0.783 bits per heavy atom. The first-order chi connectivity index (χ1) is 20.3. The predicted molar refractivity (Wildman–Crippen MR) is 211 cm³/mol. The molecule has 0 radical (unpaired) electrons. The number of hydrogen-bond acceptors (Lipinski definition) is 0. The third-order valence-electron chi connectivity index (χ3n) is 15.9. The molecule has 0 amide bonds. The first-order valence-electron chi connectivity index (χ1n) is 20.3. The molecular weight excluding hydrogens is 553 g/mol. The molecule has 4 saturated carbocycles. The average molecular weight is 645 g/mol. The van der Waals surface area contributed by atoms with Gasteiger partial charge in [-0.1, -0.05) is 172 Å². The zero-order valence-electron chi connectivity index (χ0n) is 36.6. The van der Waals surface area contributed by atoms with Gasteiger partial charge in [-0.25, -0.2) is 0 Å². The number of rotatable bonds is 4. The van der Waals surface area contributed by atoms with Gasteiger partial charge in [-0.2, -0.15) is 0 Å². The van der Waals surface area contributed by atoms with E-state index in [0.717, 1.165) is 23.7 Å². The highest BCUT2D eigenvalue weighted by atomic mass is 14.6. The van der Waals surface area contributed by atoms with Gasteiger partial charge in [0, 0.05) is 0 Å². The van der Waals surface area contributed by atoms with Crippen molar-refractivity contribution < 1.29 is 0 Å².